The van der Waals surface area contributed by atoms with Crippen molar-refractivity contribution >= 4 is 23.2 Å². The maximum Gasteiger partial charge on any atom is 0.240 e. The zero-order valence-electron chi connectivity index (χ0n) is 15.0. The first-order valence-electron chi connectivity index (χ1n) is 9.36. The Morgan fingerprint density at radius 1 is 1.20 bits per heavy atom. The van der Waals surface area contributed by atoms with Crippen LogP contribution in [0, 0.1) is 5.92 Å². The summed E-state index contributed by atoms with van der Waals surface area (Å²) < 4.78 is 0. The first-order valence-corrected chi connectivity index (χ1v) is 9.36. The van der Waals surface area contributed by atoms with E-state index >= 15 is 0 Å². The fourth-order valence-electron chi connectivity index (χ4n) is 3.71. The summed E-state index contributed by atoms with van der Waals surface area (Å²) in [5.74, 6) is 0.482. The van der Waals surface area contributed by atoms with Crippen LogP contribution >= 0.6 is 0 Å². The number of aryl methyl sites for hydroxylation is 1. The zero-order valence-corrected chi connectivity index (χ0v) is 15.0. The molecule has 0 saturated heterocycles. The number of hydrogen-bond acceptors (Lipinski definition) is 3. The van der Waals surface area contributed by atoms with E-state index < -0.39 is 0 Å². The van der Waals surface area contributed by atoms with E-state index in [-0.39, 0.29) is 24.7 Å². The normalized spacial score (nSPS) is 21.7. The Morgan fingerprint density at radius 2 is 2.04 bits per heavy atom. The Kier molecular flexibility index (Phi) is 5.84. The summed E-state index contributed by atoms with van der Waals surface area (Å²) in [6, 6.07) is 8.02. The second-order valence-corrected chi connectivity index (χ2v) is 7.19. The van der Waals surface area contributed by atoms with Crippen LogP contribution in [0.1, 0.15) is 57.4 Å². The van der Waals surface area contributed by atoms with Crippen molar-refractivity contribution in [2.75, 3.05) is 11.4 Å². The lowest BCUT2D eigenvalue weighted by atomic mass is 9.89. The second kappa shape index (κ2) is 8.28. The molecule has 0 aromatic heterocycles. The molecule has 2 amide bonds. The van der Waals surface area contributed by atoms with E-state index in [1.807, 2.05) is 23.1 Å². The number of para-hydroxylation sites is 1. The Bertz CT molecular complexity index is 669. The number of nitrogens with zero attached hydrogens (tertiary/aromatic N) is 2. The minimum atomic E-state index is -0.177. The number of fused-ring (bicyclic) bond motifs is 1. The predicted molar refractivity (Wildman–Crippen MR) is 99.6 cm³/mol. The summed E-state index contributed by atoms with van der Waals surface area (Å²) in [5.41, 5.74) is 5.91. The molecule has 5 heteroatoms. The zero-order chi connectivity index (χ0) is 17.6. The first-order chi connectivity index (χ1) is 12.1. The molecule has 0 spiro atoms. The molecule has 1 unspecified atom stereocenters. The topological polar surface area (TPSA) is 61.8 Å². The summed E-state index contributed by atoms with van der Waals surface area (Å²) >= 11 is 0. The van der Waals surface area contributed by atoms with Crippen LogP contribution in [0.3, 0.4) is 0 Å². The van der Waals surface area contributed by atoms with Crippen molar-refractivity contribution in [3.05, 3.63) is 29.8 Å². The van der Waals surface area contributed by atoms with Crippen LogP contribution < -0.4 is 10.3 Å². The number of hydrogen-bond donors (Lipinski definition) is 1. The van der Waals surface area contributed by atoms with Gasteiger partial charge in [-0.3, -0.25) is 9.59 Å². The van der Waals surface area contributed by atoms with Crippen molar-refractivity contribution in [2.45, 2.75) is 58.3 Å². The van der Waals surface area contributed by atoms with Crippen molar-refractivity contribution in [1.82, 2.24) is 5.43 Å². The number of carbonyl (C=O) groups excluding carboxylic acids is 2. The first kappa shape index (κ1) is 17.6. The quantitative estimate of drug-likeness (QED) is 0.853. The molecule has 1 aliphatic heterocycles. The smallest absolute Gasteiger partial charge is 0.240 e. The van der Waals surface area contributed by atoms with Crippen LogP contribution in [0.25, 0.3) is 0 Å². The molecule has 1 N–H and O–H groups in total. The molecule has 0 radical (unpaired) electrons. The van der Waals surface area contributed by atoms with Gasteiger partial charge in [0.05, 0.1) is 0 Å². The number of anilines is 1. The van der Waals surface area contributed by atoms with E-state index in [9.17, 15) is 9.59 Å². The minimum absolute atomic E-state index is 0.0150. The van der Waals surface area contributed by atoms with Crippen molar-refractivity contribution in [3.8, 4) is 0 Å². The number of amides is 2. The Balaban J connectivity index is 1.49. The fraction of sp³-hybridized carbons (Fsp3) is 0.550. The van der Waals surface area contributed by atoms with Crippen LogP contribution in [0.4, 0.5) is 5.69 Å². The number of benzene rings is 1. The van der Waals surface area contributed by atoms with Gasteiger partial charge in [-0.2, -0.15) is 5.10 Å². The van der Waals surface area contributed by atoms with Gasteiger partial charge in [-0.15, -0.1) is 0 Å². The highest BCUT2D eigenvalue weighted by Crippen LogP contribution is 2.27. The van der Waals surface area contributed by atoms with Crippen LogP contribution in [-0.4, -0.2) is 24.1 Å². The lowest BCUT2D eigenvalue weighted by molar-refractivity contribution is -0.125. The number of hydrazone groups is 1. The van der Waals surface area contributed by atoms with E-state index in [0.717, 1.165) is 50.0 Å². The van der Waals surface area contributed by atoms with Crippen LogP contribution in [0.15, 0.2) is 29.4 Å². The van der Waals surface area contributed by atoms with Crippen molar-refractivity contribution < 1.29 is 9.59 Å². The molecule has 0 bridgehead atoms. The lowest BCUT2D eigenvalue weighted by Gasteiger charge is -2.29. The van der Waals surface area contributed by atoms with Gasteiger partial charge in [0.2, 0.25) is 11.8 Å². The molecule has 1 fully saturated rings. The van der Waals surface area contributed by atoms with Gasteiger partial charge in [0.1, 0.15) is 0 Å². The van der Waals surface area contributed by atoms with Gasteiger partial charge >= 0.3 is 0 Å². The number of nitrogens with one attached hydrogen (secondary N) is 1. The van der Waals surface area contributed by atoms with Gasteiger partial charge in [-0.1, -0.05) is 25.1 Å². The van der Waals surface area contributed by atoms with Crippen molar-refractivity contribution in [2.24, 2.45) is 11.0 Å². The molecule has 1 heterocycles. The SMILES string of the molecule is CC1CCC/C(=N\NC(=O)CCC(=O)N2CCCc3ccccc32)C1. The third-order valence-electron chi connectivity index (χ3n) is 5.06. The van der Waals surface area contributed by atoms with E-state index in [4.69, 9.17) is 0 Å². The summed E-state index contributed by atoms with van der Waals surface area (Å²) in [6.45, 7) is 2.95. The predicted octanol–water partition coefficient (Wildman–Crippen LogP) is 3.43. The van der Waals surface area contributed by atoms with Crippen molar-refractivity contribution in [1.29, 1.82) is 0 Å². The van der Waals surface area contributed by atoms with Gasteiger partial charge in [-0.05, 0) is 56.1 Å². The molecule has 2 aliphatic rings. The lowest BCUT2D eigenvalue weighted by Crippen LogP contribution is -2.36. The molecular formula is C20H27N3O2. The Hall–Kier alpha value is -2.17. The van der Waals surface area contributed by atoms with Gasteiger partial charge in [-0.25, -0.2) is 5.43 Å². The average Bonchev–Trinajstić information content (AvgIpc) is 2.64. The highest BCUT2D eigenvalue weighted by atomic mass is 16.2. The molecule has 25 heavy (non-hydrogen) atoms. The second-order valence-electron chi connectivity index (χ2n) is 7.19. The molecule has 1 aliphatic carbocycles. The summed E-state index contributed by atoms with van der Waals surface area (Å²) in [6.07, 6.45) is 6.70. The molecule has 1 atom stereocenters. The summed E-state index contributed by atoms with van der Waals surface area (Å²) in [7, 11) is 0. The summed E-state index contributed by atoms with van der Waals surface area (Å²) in [4.78, 5) is 26.4. The highest BCUT2D eigenvalue weighted by molar-refractivity contribution is 5.96. The van der Waals surface area contributed by atoms with Gasteiger partial charge in [0.15, 0.2) is 0 Å². The average molecular weight is 341 g/mol. The molecule has 1 aromatic carbocycles. The Labute approximate surface area is 149 Å². The maximum absolute atomic E-state index is 12.5. The standard InChI is InChI=1S/C20H27N3O2/c1-15-6-4-9-17(14-15)21-22-19(24)11-12-20(25)23-13-5-8-16-7-2-3-10-18(16)23/h2-3,7,10,15H,4-6,8-9,11-14H2,1H3,(H,22,24)/b21-17+. The third kappa shape index (κ3) is 4.68. The molecule has 134 valence electrons. The maximum atomic E-state index is 12.5. The number of carbonyl (C=O) groups is 2. The minimum Gasteiger partial charge on any atom is -0.312 e. The van der Waals surface area contributed by atoms with Crippen LogP contribution in [0.2, 0.25) is 0 Å². The van der Waals surface area contributed by atoms with E-state index in [0.29, 0.717) is 5.92 Å². The fourth-order valence-corrected chi connectivity index (χ4v) is 3.71. The van der Waals surface area contributed by atoms with E-state index in [1.54, 1.807) is 0 Å². The monoisotopic (exact) mass is 341 g/mol. The molecule has 1 saturated carbocycles. The summed E-state index contributed by atoms with van der Waals surface area (Å²) in [5, 5.41) is 4.25. The Morgan fingerprint density at radius 3 is 2.88 bits per heavy atom. The van der Waals surface area contributed by atoms with Crippen molar-refractivity contribution in [3.63, 3.8) is 0 Å². The number of rotatable bonds is 4. The molecule has 3 rings (SSSR count). The largest absolute Gasteiger partial charge is 0.312 e. The molecule has 5 nitrogen and oxygen atoms in total. The molecular weight excluding hydrogens is 314 g/mol. The van der Waals surface area contributed by atoms with E-state index in [1.165, 1.54) is 12.0 Å². The van der Waals surface area contributed by atoms with Crippen LogP contribution in [-0.2, 0) is 16.0 Å². The van der Waals surface area contributed by atoms with Gasteiger partial charge in [0, 0.05) is 30.8 Å². The van der Waals surface area contributed by atoms with Gasteiger partial charge in [0.25, 0.3) is 0 Å². The van der Waals surface area contributed by atoms with Crippen LogP contribution in [0.5, 0.6) is 0 Å². The highest BCUT2D eigenvalue weighted by Gasteiger charge is 2.22. The van der Waals surface area contributed by atoms with E-state index in [2.05, 4.69) is 23.5 Å². The molecule has 1 aromatic rings. The third-order valence-corrected chi connectivity index (χ3v) is 5.06. The van der Waals surface area contributed by atoms with Gasteiger partial charge < -0.3 is 4.90 Å².